The van der Waals surface area contributed by atoms with Crippen molar-refractivity contribution in [3.05, 3.63) is 29.8 Å². The number of sulfonamides is 1. The zero-order valence-corrected chi connectivity index (χ0v) is 14.5. The van der Waals surface area contributed by atoms with E-state index in [1.54, 1.807) is 12.1 Å². The molecule has 134 valence electrons. The Kier molecular flexibility index (Phi) is 6.30. The Morgan fingerprint density at radius 3 is 2.58 bits per heavy atom. The summed E-state index contributed by atoms with van der Waals surface area (Å²) in [4.78, 5) is 11.0. The lowest BCUT2D eigenvalue weighted by Crippen LogP contribution is -2.44. The van der Waals surface area contributed by atoms with Gasteiger partial charge in [0.25, 0.3) is 0 Å². The molecule has 1 aromatic rings. The summed E-state index contributed by atoms with van der Waals surface area (Å²) in [5, 5.41) is 16.1. The third-order valence-corrected chi connectivity index (χ3v) is 4.36. The predicted molar refractivity (Wildman–Crippen MR) is 90.0 cm³/mol. The van der Waals surface area contributed by atoms with Gasteiger partial charge in [-0.25, -0.2) is 13.1 Å². The molecule has 2 rings (SSSR count). The lowest BCUT2D eigenvalue weighted by Gasteiger charge is -2.18. The zero-order valence-electron chi connectivity index (χ0n) is 13.7. The third kappa shape index (κ3) is 5.84. The average Bonchev–Trinajstić information content (AvgIpc) is 2.84. The summed E-state index contributed by atoms with van der Waals surface area (Å²) < 4.78 is 30.0. The topological polar surface area (TPSA) is 117 Å². The van der Waals surface area contributed by atoms with Gasteiger partial charge in [0.05, 0.1) is 31.1 Å². The molecule has 1 aromatic carbocycles. The van der Waals surface area contributed by atoms with Crippen LogP contribution in [0.4, 0.5) is 5.69 Å². The molecule has 8 nitrogen and oxygen atoms in total. The molecular formula is C15H23N3O5S. The number of nitrogens with one attached hydrogen (secondary N) is 3. The van der Waals surface area contributed by atoms with E-state index in [0.29, 0.717) is 13.2 Å². The Morgan fingerprint density at radius 1 is 1.33 bits per heavy atom. The van der Waals surface area contributed by atoms with Crippen molar-refractivity contribution in [2.75, 3.05) is 24.7 Å². The maximum atomic E-state index is 11.1. The normalized spacial score (nSPS) is 24.0. The lowest BCUT2D eigenvalue weighted by molar-refractivity contribution is -0.114. The second-order valence-electron chi connectivity index (χ2n) is 5.85. The number of amides is 1. The maximum Gasteiger partial charge on any atom is 0.221 e. The van der Waals surface area contributed by atoms with E-state index in [0.717, 1.165) is 17.5 Å². The van der Waals surface area contributed by atoms with Gasteiger partial charge in [-0.3, -0.25) is 4.79 Å². The number of hydrogen-bond acceptors (Lipinski definition) is 6. The number of benzene rings is 1. The van der Waals surface area contributed by atoms with Gasteiger partial charge in [0, 0.05) is 25.7 Å². The van der Waals surface area contributed by atoms with Crippen LogP contribution in [0, 0.1) is 0 Å². The van der Waals surface area contributed by atoms with Crippen molar-refractivity contribution in [3.63, 3.8) is 0 Å². The van der Waals surface area contributed by atoms with Crippen LogP contribution in [0.25, 0.3) is 0 Å². The minimum atomic E-state index is -3.31. The number of anilines is 1. The third-order valence-electron chi connectivity index (χ3n) is 3.67. The van der Waals surface area contributed by atoms with E-state index in [-0.39, 0.29) is 18.5 Å². The van der Waals surface area contributed by atoms with Crippen LogP contribution in [0.15, 0.2) is 24.3 Å². The molecule has 1 aliphatic rings. The number of aliphatic hydroxyl groups is 1. The number of carbonyl (C=O) groups excluding carboxylic acids is 1. The second-order valence-corrected chi connectivity index (χ2v) is 7.68. The first-order chi connectivity index (χ1) is 11.2. The molecule has 0 bridgehead atoms. The van der Waals surface area contributed by atoms with E-state index >= 15 is 0 Å². The number of ether oxygens (including phenoxy) is 1. The van der Waals surface area contributed by atoms with Crippen LogP contribution in [0.5, 0.6) is 0 Å². The number of carbonyl (C=O) groups is 1. The molecule has 1 amide bonds. The summed E-state index contributed by atoms with van der Waals surface area (Å²) in [5.41, 5.74) is 1.72. The monoisotopic (exact) mass is 357 g/mol. The van der Waals surface area contributed by atoms with Crippen LogP contribution in [0.3, 0.4) is 0 Å². The molecule has 1 saturated heterocycles. The lowest BCUT2D eigenvalue weighted by atomic mass is 10.1. The van der Waals surface area contributed by atoms with E-state index in [1.807, 2.05) is 12.1 Å². The van der Waals surface area contributed by atoms with Crippen molar-refractivity contribution in [2.45, 2.75) is 31.7 Å². The smallest absolute Gasteiger partial charge is 0.221 e. The van der Waals surface area contributed by atoms with Crippen molar-refractivity contribution in [2.24, 2.45) is 0 Å². The minimum absolute atomic E-state index is 0.0452. The van der Waals surface area contributed by atoms with Crippen molar-refractivity contribution < 1.29 is 23.1 Å². The fraction of sp³-hybridized carbons (Fsp3) is 0.533. The van der Waals surface area contributed by atoms with E-state index in [2.05, 4.69) is 15.4 Å². The molecule has 0 unspecified atom stereocenters. The Balaban J connectivity index is 1.81. The molecule has 0 saturated carbocycles. The molecule has 0 aliphatic carbocycles. The zero-order chi connectivity index (χ0) is 17.7. The molecule has 9 heteroatoms. The highest BCUT2D eigenvalue weighted by molar-refractivity contribution is 7.88. The summed E-state index contributed by atoms with van der Waals surface area (Å²) in [7, 11) is -3.31. The molecule has 0 spiro atoms. The predicted octanol–water partition coefficient (Wildman–Crippen LogP) is -0.588. The number of hydrogen-bond donors (Lipinski definition) is 4. The molecule has 1 fully saturated rings. The van der Waals surface area contributed by atoms with Gasteiger partial charge in [-0.2, -0.15) is 0 Å². The van der Waals surface area contributed by atoms with Crippen LogP contribution in [-0.4, -0.2) is 57.1 Å². The molecule has 1 heterocycles. The Hall–Kier alpha value is -1.52. The van der Waals surface area contributed by atoms with Crippen LogP contribution < -0.4 is 15.4 Å². The van der Waals surface area contributed by atoms with E-state index < -0.39 is 22.2 Å². The van der Waals surface area contributed by atoms with E-state index in [9.17, 15) is 18.3 Å². The first-order valence-corrected chi connectivity index (χ1v) is 9.48. The summed E-state index contributed by atoms with van der Waals surface area (Å²) in [6.45, 7) is 2.33. The van der Waals surface area contributed by atoms with Gasteiger partial charge >= 0.3 is 0 Å². The van der Waals surface area contributed by atoms with Gasteiger partial charge in [0.1, 0.15) is 0 Å². The maximum absolute atomic E-state index is 11.1. The quantitative estimate of drug-likeness (QED) is 0.518. The standard InChI is InChI=1S/C15H23N3O5S/c1-10(19)18-12-5-3-11(4-6-12)7-16-13-9-23-14(15(13)20)8-17-24(2,21)22/h3-6,13-17,20H,7-9H2,1-2H3,(H,18,19)/t13-,14-,15+/m1/s1. The molecule has 4 N–H and O–H groups in total. The number of rotatable bonds is 7. The Morgan fingerprint density at radius 2 is 2.00 bits per heavy atom. The fourth-order valence-electron chi connectivity index (χ4n) is 2.43. The Labute approximate surface area is 141 Å². The molecule has 0 aromatic heterocycles. The summed E-state index contributed by atoms with van der Waals surface area (Å²) >= 11 is 0. The van der Waals surface area contributed by atoms with Crippen LogP contribution >= 0.6 is 0 Å². The van der Waals surface area contributed by atoms with Crippen molar-refractivity contribution in [1.82, 2.24) is 10.0 Å². The van der Waals surface area contributed by atoms with E-state index in [4.69, 9.17) is 4.74 Å². The van der Waals surface area contributed by atoms with Crippen molar-refractivity contribution in [3.8, 4) is 0 Å². The van der Waals surface area contributed by atoms with Gasteiger partial charge < -0.3 is 20.5 Å². The molecule has 1 aliphatic heterocycles. The summed E-state index contributed by atoms with van der Waals surface area (Å²) in [6, 6.07) is 7.09. The van der Waals surface area contributed by atoms with Gasteiger partial charge in [-0.15, -0.1) is 0 Å². The molecule has 3 atom stereocenters. The molecular weight excluding hydrogens is 334 g/mol. The fourth-order valence-corrected chi connectivity index (χ4v) is 2.90. The molecule has 24 heavy (non-hydrogen) atoms. The van der Waals surface area contributed by atoms with Crippen LogP contribution in [0.2, 0.25) is 0 Å². The summed E-state index contributed by atoms with van der Waals surface area (Å²) in [6.07, 6.45) is -0.299. The first kappa shape index (κ1) is 18.8. The highest BCUT2D eigenvalue weighted by Crippen LogP contribution is 2.15. The highest BCUT2D eigenvalue weighted by atomic mass is 32.2. The van der Waals surface area contributed by atoms with Crippen molar-refractivity contribution >= 4 is 21.6 Å². The SMILES string of the molecule is CC(=O)Nc1ccc(CN[C@@H]2CO[C@H](CNS(C)(=O)=O)[C@H]2O)cc1. The van der Waals surface area contributed by atoms with Gasteiger partial charge in [-0.05, 0) is 17.7 Å². The van der Waals surface area contributed by atoms with Gasteiger partial charge in [0.2, 0.25) is 15.9 Å². The van der Waals surface area contributed by atoms with E-state index in [1.165, 1.54) is 6.92 Å². The summed E-state index contributed by atoms with van der Waals surface area (Å²) in [5.74, 6) is -0.124. The van der Waals surface area contributed by atoms with Crippen molar-refractivity contribution in [1.29, 1.82) is 0 Å². The van der Waals surface area contributed by atoms with Gasteiger partial charge in [0.15, 0.2) is 0 Å². The largest absolute Gasteiger partial charge is 0.389 e. The minimum Gasteiger partial charge on any atom is -0.389 e. The Bertz CT molecular complexity index is 662. The molecule has 0 radical (unpaired) electrons. The average molecular weight is 357 g/mol. The highest BCUT2D eigenvalue weighted by Gasteiger charge is 2.35. The van der Waals surface area contributed by atoms with Gasteiger partial charge in [-0.1, -0.05) is 12.1 Å². The number of aliphatic hydroxyl groups excluding tert-OH is 1. The van der Waals surface area contributed by atoms with Crippen LogP contribution in [-0.2, 0) is 26.1 Å². The van der Waals surface area contributed by atoms with Crippen LogP contribution in [0.1, 0.15) is 12.5 Å². The second kappa shape index (κ2) is 8.04. The first-order valence-electron chi connectivity index (χ1n) is 7.59.